The van der Waals surface area contributed by atoms with Crippen LogP contribution in [0.4, 0.5) is 0 Å². The first-order valence-corrected chi connectivity index (χ1v) is 8.73. The van der Waals surface area contributed by atoms with Crippen LogP contribution in [0.15, 0.2) is 54.9 Å². The van der Waals surface area contributed by atoms with E-state index in [1.54, 1.807) is 29.4 Å². The third-order valence-electron chi connectivity index (χ3n) is 5.17. The quantitative estimate of drug-likeness (QED) is 0.782. The van der Waals surface area contributed by atoms with Gasteiger partial charge in [0.2, 0.25) is 11.8 Å². The van der Waals surface area contributed by atoms with Gasteiger partial charge in [-0.25, -0.2) is 0 Å². The third-order valence-corrected chi connectivity index (χ3v) is 5.17. The molecule has 26 heavy (non-hydrogen) atoms. The van der Waals surface area contributed by atoms with Gasteiger partial charge in [0, 0.05) is 37.6 Å². The number of nitrogens with zero attached hydrogens (tertiary/aromatic N) is 3. The van der Waals surface area contributed by atoms with Crippen molar-refractivity contribution >= 4 is 17.7 Å². The normalized spacial score (nSPS) is 22.0. The smallest absolute Gasteiger partial charge is 0.254 e. The van der Waals surface area contributed by atoms with Crippen molar-refractivity contribution in [2.75, 3.05) is 19.6 Å². The fourth-order valence-electron chi connectivity index (χ4n) is 3.76. The summed E-state index contributed by atoms with van der Waals surface area (Å²) in [6, 6.07) is 13.1. The second-order valence-electron chi connectivity index (χ2n) is 6.72. The first-order valence-electron chi connectivity index (χ1n) is 8.73. The molecule has 0 unspecified atom stereocenters. The summed E-state index contributed by atoms with van der Waals surface area (Å²) < 4.78 is 0. The summed E-state index contributed by atoms with van der Waals surface area (Å²) in [7, 11) is 0. The van der Waals surface area contributed by atoms with Gasteiger partial charge in [-0.05, 0) is 24.1 Å². The van der Waals surface area contributed by atoms with E-state index in [1.165, 1.54) is 4.90 Å². The van der Waals surface area contributed by atoms with Crippen molar-refractivity contribution in [2.45, 2.75) is 6.42 Å². The van der Waals surface area contributed by atoms with E-state index in [4.69, 9.17) is 0 Å². The van der Waals surface area contributed by atoms with Crippen molar-refractivity contribution in [1.29, 1.82) is 0 Å². The Morgan fingerprint density at radius 1 is 0.962 bits per heavy atom. The predicted molar refractivity (Wildman–Crippen MR) is 94.0 cm³/mol. The maximum absolute atomic E-state index is 12.7. The molecule has 4 rings (SSSR count). The molecule has 2 atom stereocenters. The molecule has 0 aliphatic carbocycles. The van der Waals surface area contributed by atoms with Crippen molar-refractivity contribution < 1.29 is 14.4 Å². The fourth-order valence-corrected chi connectivity index (χ4v) is 3.76. The van der Waals surface area contributed by atoms with Crippen LogP contribution in [-0.2, 0) is 16.0 Å². The average Bonchev–Trinajstić information content (AvgIpc) is 3.22. The molecular weight excluding hydrogens is 330 g/mol. The van der Waals surface area contributed by atoms with Gasteiger partial charge >= 0.3 is 0 Å². The molecular formula is C20H19N3O3. The van der Waals surface area contributed by atoms with Crippen LogP contribution < -0.4 is 0 Å². The molecule has 2 aliphatic rings. The van der Waals surface area contributed by atoms with E-state index in [0.717, 1.165) is 5.56 Å². The lowest BCUT2D eigenvalue weighted by atomic mass is 10.00. The lowest BCUT2D eigenvalue weighted by molar-refractivity contribution is -0.140. The zero-order valence-corrected chi connectivity index (χ0v) is 14.2. The molecule has 6 nitrogen and oxygen atoms in total. The molecule has 132 valence electrons. The maximum Gasteiger partial charge on any atom is 0.254 e. The third kappa shape index (κ3) is 2.87. The van der Waals surface area contributed by atoms with Crippen LogP contribution in [-0.4, -0.2) is 52.1 Å². The zero-order valence-electron chi connectivity index (χ0n) is 14.2. The molecule has 0 radical (unpaired) electrons. The van der Waals surface area contributed by atoms with Gasteiger partial charge < -0.3 is 4.90 Å². The van der Waals surface area contributed by atoms with E-state index >= 15 is 0 Å². The first-order chi connectivity index (χ1) is 12.6. The second-order valence-corrected chi connectivity index (χ2v) is 6.72. The molecule has 3 amide bonds. The Labute approximate surface area is 151 Å². The number of rotatable bonds is 4. The minimum atomic E-state index is -0.413. The van der Waals surface area contributed by atoms with Crippen molar-refractivity contribution in [3.05, 3.63) is 66.0 Å². The SMILES string of the molecule is O=C(c1ccncc1)N1C[C@@H]2C(=O)N(CCc3ccccc3)C(=O)[C@@H]2C1. The van der Waals surface area contributed by atoms with E-state index < -0.39 is 11.8 Å². The molecule has 0 bridgehead atoms. The van der Waals surface area contributed by atoms with Crippen LogP contribution in [0, 0.1) is 11.8 Å². The summed E-state index contributed by atoms with van der Waals surface area (Å²) in [5.41, 5.74) is 1.63. The number of imide groups is 1. The number of hydrogen-bond acceptors (Lipinski definition) is 4. The molecule has 3 heterocycles. The minimum absolute atomic E-state index is 0.152. The van der Waals surface area contributed by atoms with E-state index in [0.29, 0.717) is 31.6 Å². The van der Waals surface area contributed by atoms with E-state index in [1.807, 2.05) is 30.3 Å². The summed E-state index contributed by atoms with van der Waals surface area (Å²) in [6.07, 6.45) is 3.77. The summed E-state index contributed by atoms with van der Waals surface area (Å²) in [4.78, 5) is 44.8. The Kier molecular flexibility index (Phi) is 4.24. The Balaban J connectivity index is 1.42. The van der Waals surface area contributed by atoms with Crippen molar-refractivity contribution in [2.24, 2.45) is 11.8 Å². The van der Waals surface area contributed by atoms with Gasteiger partial charge in [-0.3, -0.25) is 24.3 Å². The largest absolute Gasteiger partial charge is 0.337 e. The minimum Gasteiger partial charge on any atom is -0.337 e. The van der Waals surface area contributed by atoms with Crippen molar-refractivity contribution in [3.63, 3.8) is 0 Å². The number of benzene rings is 1. The van der Waals surface area contributed by atoms with Gasteiger partial charge in [0.05, 0.1) is 11.8 Å². The lowest BCUT2D eigenvalue weighted by Crippen LogP contribution is -2.39. The highest BCUT2D eigenvalue weighted by Crippen LogP contribution is 2.34. The fraction of sp³-hybridized carbons (Fsp3) is 0.300. The Morgan fingerprint density at radius 2 is 1.58 bits per heavy atom. The standard InChI is InChI=1S/C20H19N3O3/c24-18(15-6-9-21-10-7-15)22-12-16-17(13-22)20(26)23(19(16)25)11-8-14-4-2-1-3-5-14/h1-7,9-10,16-17H,8,11-13H2/t16-,17+. The molecule has 6 heteroatoms. The highest BCUT2D eigenvalue weighted by Gasteiger charge is 2.53. The molecule has 2 aromatic rings. The maximum atomic E-state index is 12.7. The van der Waals surface area contributed by atoms with Crippen LogP contribution in [0.3, 0.4) is 0 Å². The van der Waals surface area contributed by atoms with Gasteiger partial charge in [-0.2, -0.15) is 0 Å². The number of pyridine rings is 1. The van der Waals surface area contributed by atoms with Crippen molar-refractivity contribution in [3.8, 4) is 0 Å². The van der Waals surface area contributed by atoms with Crippen LogP contribution in [0.25, 0.3) is 0 Å². The molecule has 0 saturated carbocycles. The average molecular weight is 349 g/mol. The van der Waals surface area contributed by atoms with Crippen LogP contribution in [0.1, 0.15) is 15.9 Å². The Bertz CT molecular complexity index is 814. The highest BCUT2D eigenvalue weighted by molar-refractivity contribution is 6.07. The summed E-state index contributed by atoms with van der Waals surface area (Å²) in [5, 5.41) is 0. The van der Waals surface area contributed by atoms with Gasteiger partial charge in [-0.1, -0.05) is 30.3 Å². The molecule has 0 N–H and O–H groups in total. The van der Waals surface area contributed by atoms with Crippen LogP contribution in [0.2, 0.25) is 0 Å². The van der Waals surface area contributed by atoms with E-state index in [-0.39, 0.29) is 17.7 Å². The molecule has 2 saturated heterocycles. The van der Waals surface area contributed by atoms with Gasteiger partial charge in [-0.15, -0.1) is 0 Å². The predicted octanol–water partition coefficient (Wildman–Crippen LogP) is 1.38. The van der Waals surface area contributed by atoms with Gasteiger partial charge in [0.1, 0.15) is 0 Å². The number of likely N-dealkylation sites (tertiary alicyclic amines) is 2. The summed E-state index contributed by atoms with van der Waals surface area (Å²) in [5.74, 6) is -1.28. The Morgan fingerprint density at radius 3 is 2.19 bits per heavy atom. The van der Waals surface area contributed by atoms with Crippen molar-refractivity contribution in [1.82, 2.24) is 14.8 Å². The number of carbonyl (C=O) groups is 3. The lowest BCUT2D eigenvalue weighted by Gasteiger charge is -2.21. The summed E-state index contributed by atoms with van der Waals surface area (Å²) in [6.45, 7) is 1.00. The second kappa shape index (κ2) is 6.71. The number of carbonyl (C=O) groups excluding carboxylic acids is 3. The molecule has 1 aromatic heterocycles. The number of amides is 3. The number of fused-ring (bicyclic) bond motifs is 1. The van der Waals surface area contributed by atoms with Crippen LogP contribution >= 0.6 is 0 Å². The zero-order chi connectivity index (χ0) is 18.1. The highest BCUT2D eigenvalue weighted by atomic mass is 16.2. The topological polar surface area (TPSA) is 70.6 Å². The number of aromatic nitrogens is 1. The molecule has 2 aliphatic heterocycles. The van der Waals surface area contributed by atoms with Crippen LogP contribution in [0.5, 0.6) is 0 Å². The first kappa shape index (κ1) is 16.4. The molecule has 1 aromatic carbocycles. The van der Waals surface area contributed by atoms with Gasteiger partial charge in [0.25, 0.3) is 5.91 Å². The molecule has 0 spiro atoms. The monoisotopic (exact) mass is 349 g/mol. The number of hydrogen-bond donors (Lipinski definition) is 0. The van der Waals surface area contributed by atoms with Gasteiger partial charge in [0.15, 0.2) is 0 Å². The Hall–Kier alpha value is -3.02. The van der Waals surface area contributed by atoms with E-state index in [2.05, 4.69) is 4.98 Å². The van der Waals surface area contributed by atoms with E-state index in [9.17, 15) is 14.4 Å². The molecule has 2 fully saturated rings. The summed E-state index contributed by atoms with van der Waals surface area (Å²) >= 11 is 0.